The number of benzene rings is 2. The van der Waals surface area contributed by atoms with Crippen LogP contribution in [0.5, 0.6) is 5.75 Å². The number of methoxy groups -OCH3 is 1. The number of amides is 1. The minimum atomic E-state index is -2.97. The summed E-state index contributed by atoms with van der Waals surface area (Å²) in [6, 6.07) is 12.0. The van der Waals surface area contributed by atoms with Gasteiger partial charge >= 0.3 is 0 Å². The lowest BCUT2D eigenvalue weighted by molar-refractivity contribution is -0.242. The van der Waals surface area contributed by atoms with Gasteiger partial charge in [0.1, 0.15) is 17.0 Å². The lowest BCUT2D eigenvalue weighted by Gasteiger charge is -2.54. The Morgan fingerprint density at radius 1 is 1.12 bits per heavy atom. The number of fused-ring (bicyclic) bond motifs is 4. The molecule has 0 aromatic heterocycles. The fourth-order valence-corrected chi connectivity index (χ4v) is 11.5. The van der Waals surface area contributed by atoms with Crippen molar-refractivity contribution in [3.05, 3.63) is 70.3 Å². The summed E-state index contributed by atoms with van der Waals surface area (Å²) in [6.07, 6.45) is 10.4. The third kappa shape index (κ3) is 6.59. The highest BCUT2D eigenvalue weighted by Crippen LogP contribution is 2.49. The van der Waals surface area contributed by atoms with Gasteiger partial charge in [-0.15, -0.1) is 0 Å². The van der Waals surface area contributed by atoms with E-state index in [9.17, 15) is 9.00 Å². The van der Waals surface area contributed by atoms with Crippen LogP contribution < -0.4 is 14.4 Å². The molecule has 2 spiro atoms. The topological polar surface area (TPSA) is 89.6 Å². The van der Waals surface area contributed by atoms with E-state index in [1.807, 2.05) is 32.2 Å². The Labute approximate surface area is 314 Å². The number of allylic oxidation sites excluding steroid dienone is 1. The molecule has 0 radical (unpaired) electrons. The zero-order valence-electron chi connectivity index (χ0n) is 30.9. The molecule has 6 aliphatic rings. The smallest absolute Gasteiger partial charge is 0.262 e. The van der Waals surface area contributed by atoms with Gasteiger partial charge in [-0.1, -0.05) is 36.7 Å². The second-order valence-electron chi connectivity index (χ2n) is 16.6. The average Bonchev–Trinajstić information content (AvgIpc) is 3.25. The molecule has 4 aliphatic heterocycles. The number of hydrogen-bond donors (Lipinski definition) is 1. The predicted octanol–water partition coefficient (Wildman–Crippen LogP) is 5.67. The first kappa shape index (κ1) is 36.4. The van der Waals surface area contributed by atoms with Crippen LogP contribution in [0, 0.1) is 17.8 Å². The summed E-state index contributed by atoms with van der Waals surface area (Å²) in [4.78, 5) is 18.8. The van der Waals surface area contributed by atoms with Gasteiger partial charge in [0.2, 0.25) is 0 Å². The maximum Gasteiger partial charge on any atom is 0.262 e. The van der Waals surface area contributed by atoms with Gasteiger partial charge < -0.3 is 23.8 Å². The van der Waals surface area contributed by atoms with Crippen LogP contribution in [-0.4, -0.2) is 104 Å². The van der Waals surface area contributed by atoms with Crippen molar-refractivity contribution in [1.29, 1.82) is 0 Å². The van der Waals surface area contributed by atoms with Crippen LogP contribution in [0.25, 0.3) is 0 Å². The molecule has 8 rings (SSSR count). The number of anilines is 1. The fourth-order valence-electron chi connectivity index (χ4n) is 9.82. The third-order valence-electron chi connectivity index (χ3n) is 13.3. The van der Waals surface area contributed by atoms with Crippen LogP contribution in [0.2, 0.25) is 5.02 Å². The maximum atomic E-state index is 14.0. The first-order chi connectivity index (χ1) is 24.9. The fraction of sp³-hybridized carbons (Fsp3) is 0.610. The quantitative estimate of drug-likeness (QED) is 0.317. The van der Waals surface area contributed by atoms with E-state index in [1.165, 1.54) is 11.1 Å². The van der Waals surface area contributed by atoms with Crippen molar-refractivity contribution in [2.45, 2.75) is 74.2 Å². The highest BCUT2D eigenvalue weighted by Gasteiger charge is 2.51. The molecule has 2 saturated heterocycles. The number of nitrogens with one attached hydrogen (secondary N) is 1. The van der Waals surface area contributed by atoms with E-state index in [1.54, 1.807) is 6.07 Å². The molecule has 7 atom stereocenters. The van der Waals surface area contributed by atoms with Crippen molar-refractivity contribution >= 4 is 38.8 Å². The number of halogens is 1. The van der Waals surface area contributed by atoms with Crippen molar-refractivity contribution in [1.82, 2.24) is 9.62 Å². The largest absolute Gasteiger partial charge is 0.490 e. The molecule has 1 saturated carbocycles. The number of hydrogen-bond acceptors (Lipinski definition) is 8. The molecule has 2 aromatic carbocycles. The highest BCUT2D eigenvalue weighted by molar-refractivity contribution is 7.99. The average molecular weight is 752 g/mol. The van der Waals surface area contributed by atoms with Gasteiger partial charge in [0.25, 0.3) is 5.91 Å². The molecule has 1 amide bonds. The van der Waals surface area contributed by atoms with E-state index >= 15 is 0 Å². The first-order valence-corrected chi connectivity index (χ1v) is 21.3. The molecular weight excluding hydrogens is 698 g/mol. The molecule has 2 bridgehead atoms. The summed E-state index contributed by atoms with van der Waals surface area (Å²) < 4.78 is 42.2. The summed E-state index contributed by atoms with van der Waals surface area (Å²) in [5, 5.41) is 0.415. The molecule has 4 heterocycles. The summed E-state index contributed by atoms with van der Waals surface area (Å²) in [5.74, 6) is 5.10. The minimum absolute atomic E-state index is 0.0142. The van der Waals surface area contributed by atoms with E-state index in [2.05, 4.69) is 51.6 Å². The lowest BCUT2D eigenvalue weighted by atomic mass is 9.63. The van der Waals surface area contributed by atoms with Crippen LogP contribution in [0.3, 0.4) is 0 Å². The zero-order valence-corrected chi connectivity index (χ0v) is 32.4. The number of rotatable bonds is 3. The molecular formula is C41H54ClN3O6S. The molecule has 1 unspecified atom stereocenters. The number of carbonyl (C=O) groups excluding carboxylic acids is 1. The summed E-state index contributed by atoms with van der Waals surface area (Å²) >= 11 is 6.51. The number of aryl methyl sites for hydroxylation is 1. The van der Waals surface area contributed by atoms with E-state index in [4.69, 9.17) is 30.5 Å². The molecule has 2 aromatic rings. The van der Waals surface area contributed by atoms with Crippen molar-refractivity contribution < 1.29 is 28.0 Å². The Morgan fingerprint density at radius 3 is 2.71 bits per heavy atom. The van der Waals surface area contributed by atoms with Crippen molar-refractivity contribution in [2.75, 3.05) is 71.2 Å². The molecule has 52 heavy (non-hydrogen) atoms. The Kier molecular flexibility index (Phi) is 9.74. The molecule has 11 heteroatoms. The van der Waals surface area contributed by atoms with Crippen molar-refractivity contribution in [3.8, 4) is 5.75 Å². The molecule has 3 fully saturated rings. The minimum Gasteiger partial charge on any atom is -0.490 e. The Hall–Kier alpha value is -2.60. The Morgan fingerprint density at radius 2 is 1.96 bits per heavy atom. The lowest BCUT2D eigenvalue weighted by Crippen LogP contribution is -2.65. The highest BCUT2D eigenvalue weighted by atomic mass is 35.5. The Bertz CT molecular complexity index is 1830. The molecule has 1 N–H and O–H groups in total. The summed E-state index contributed by atoms with van der Waals surface area (Å²) in [6.45, 7) is 10.5. The van der Waals surface area contributed by atoms with Crippen LogP contribution in [0.1, 0.15) is 67.4 Å². The maximum absolute atomic E-state index is 14.0. The molecule has 9 nitrogen and oxygen atoms in total. The van der Waals surface area contributed by atoms with E-state index < -0.39 is 15.3 Å². The van der Waals surface area contributed by atoms with Gasteiger partial charge in [-0.3, -0.25) is 14.4 Å². The van der Waals surface area contributed by atoms with Gasteiger partial charge in [0.05, 0.1) is 41.8 Å². The van der Waals surface area contributed by atoms with Gasteiger partial charge in [-0.05, 0) is 111 Å². The number of nitrogens with zero attached hydrogens (tertiary/aromatic N) is 2. The summed E-state index contributed by atoms with van der Waals surface area (Å²) in [7, 11) is -1.10. The van der Waals surface area contributed by atoms with Crippen LogP contribution in [0.15, 0.2) is 48.6 Å². The van der Waals surface area contributed by atoms with Gasteiger partial charge in [0, 0.05) is 61.1 Å². The monoisotopic (exact) mass is 751 g/mol. The van der Waals surface area contributed by atoms with E-state index in [-0.39, 0.29) is 34.0 Å². The Balaban J connectivity index is 1.20. The van der Waals surface area contributed by atoms with E-state index in [0.717, 1.165) is 81.3 Å². The van der Waals surface area contributed by atoms with Crippen LogP contribution >= 0.6 is 11.6 Å². The van der Waals surface area contributed by atoms with Gasteiger partial charge in [-0.2, -0.15) is 0 Å². The second kappa shape index (κ2) is 13.9. The SMILES string of the molecule is C=S1(=O)NC(=O)c2ccc3c(c2)N(C[C@@H]2CC[C@H]2[C@@](CN2CCOC4(COC4)C2)(OC)/C=C/C[C@H](C)[C@H]1C)C[C@@]1(CCCc2cc(Cl)ccc21)CO3. The van der Waals surface area contributed by atoms with E-state index in [0.29, 0.717) is 44.3 Å². The molecule has 2 aliphatic carbocycles. The van der Waals surface area contributed by atoms with Gasteiger partial charge in [0.15, 0.2) is 0 Å². The predicted molar refractivity (Wildman–Crippen MR) is 207 cm³/mol. The van der Waals surface area contributed by atoms with Gasteiger partial charge in [-0.25, -0.2) is 4.21 Å². The number of morpholine rings is 1. The number of ether oxygens (including phenoxy) is 4. The number of carbonyl (C=O) groups is 1. The van der Waals surface area contributed by atoms with Crippen molar-refractivity contribution in [2.24, 2.45) is 17.8 Å². The summed E-state index contributed by atoms with van der Waals surface area (Å²) in [5.41, 5.74) is 2.98. The third-order valence-corrected chi connectivity index (χ3v) is 15.7. The standard InChI is InChI=1S/C41H54ClN3O6S/c1-28-7-5-16-41(48-3,24-44-17-18-51-40(23-44)26-49-27-40)35-12-9-32(35)21-45-22-39(15-6-8-30-19-33(42)11-13-34(30)39)25-50-37-14-10-31(20-36(37)45)38(46)43-52(4,47)29(28)2/h5,10-11,13-14,16,19-20,28-29,32,35H,4,6-9,12,15,17-18,21-27H2,1-3H3,(H,43,46,47)/b16-5+/t28-,29+,32-,35+,39-,41+,52?/m0/s1. The van der Waals surface area contributed by atoms with Crippen molar-refractivity contribution in [3.63, 3.8) is 0 Å². The first-order valence-electron chi connectivity index (χ1n) is 19.1. The van der Waals surface area contributed by atoms with Crippen LogP contribution in [0.4, 0.5) is 5.69 Å². The molecule has 282 valence electrons. The zero-order chi connectivity index (χ0) is 36.3. The normalized spacial score (nSPS) is 36.7. The second-order valence-corrected chi connectivity index (χ2v) is 19.4. The van der Waals surface area contributed by atoms with Crippen LogP contribution in [-0.2, 0) is 35.8 Å².